The Bertz CT molecular complexity index is 864. The fraction of sp³-hybridized carbons (Fsp3) is 0.188. The number of carbonyl (C=O) groups is 1. The van der Waals surface area contributed by atoms with E-state index in [1.165, 1.54) is 22.3 Å². The Morgan fingerprint density at radius 2 is 1.57 bits per heavy atom. The maximum absolute atomic E-state index is 12.9. The van der Waals surface area contributed by atoms with Crippen LogP contribution in [-0.2, 0) is 14.8 Å². The van der Waals surface area contributed by atoms with E-state index in [1.807, 2.05) is 0 Å². The van der Waals surface area contributed by atoms with Gasteiger partial charge in [-0.05, 0) is 31.3 Å². The molecule has 1 aliphatic heterocycles. The molecule has 23 heavy (non-hydrogen) atoms. The van der Waals surface area contributed by atoms with Gasteiger partial charge in [0, 0.05) is 7.05 Å². The second kappa shape index (κ2) is 5.68. The lowest BCUT2D eigenvalue weighted by molar-refractivity contribution is -0.117. The van der Waals surface area contributed by atoms with Crippen LogP contribution in [0, 0.1) is 0 Å². The summed E-state index contributed by atoms with van der Waals surface area (Å²) in [6, 6.07) is 13.5. The Balaban J connectivity index is 2.37. The smallest absolute Gasteiger partial charge is 0.266 e. The zero-order chi connectivity index (χ0) is 16.6. The number of para-hydroxylation sites is 3. The van der Waals surface area contributed by atoms with Gasteiger partial charge in [-0.1, -0.05) is 24.3 Å². The highest BCUT2D eigenvalue weighted by atomic mass is 32.2. The zero-order valence-corrected chi connectivity index (χ0v) is 13.7. The Morgan fingerprint density at radius 1 is 1.00 bits per heavy atom. The quantitative estimate of drug-likeness (QED) is 0.909. The first kappa shape index (κ1) is 15.5. The molecule has 0 radical (unpaired) electrons. The number of nitrogens with zero attached hydrogens (tertiary/aromatic N) is 2. The van der Waals surface area contributed by atoms with Crippen LogP contribution in [0.1, 0.15) is 0 Å². The minimum Gasteiger partial charge on any atom is -0.311 e. The lowest BCUT2D eigenvalue weighted by Crippen LogP contribution is -2.34. The monoisotopic (exact) mass is 331 g/mol. The van der Waals surface area contributed by atoms with E-state index in [1.54, 1.807) is 49.5 Å². The van der Waals surface area contributed by atoms with Crippen LogP contribution >= 0.6 is 0 Å². The molecule has 0 spiro atoms. The molecule has 1 heterocycles. The molecule has 0 bridgehead atoms. The van der Waals surface area contributed by atoms with E-state index >= 15 is 0 Å². The second-order valence-corrected chi connectivity index (χ2v) is 7.13. The van der Waals surface area contributed by atoms with Crippen molar-refractivity contribution in [3.05, 3.63) is 48.5 Å². The van der Waals surface area contributed by atoms with Crippen LogP contribution in [0.4, 0.5) is 17.1 Å². The summed E-state index contributed by atoms with van der Waals surface area (Å²) in [6.07, 6.45) is 0. The highest BCUT2D eigenvalue weighted by Crippen LogP contribution is 2.42. The van der Waals surface area contributed by atoms with Gasteiger partial charge < -0.3 is 5.32 Å². The van der Waals surface area contributed by atoms with Crippen LogP contribution < -0.4 is 14.5 Å². The lowest BCUT2D eigenvalue weighted by Gasteiger charge is -2.24. The second-order valence-electron chi connectivity index (χ2n) is 5.19. The molecule has 1 aliphatic rings. The number of amides is 1. The molecule has 1 N–H and O–H groups in total. The van der Waals surface area contributed by atoms with Gasteiger partial charge in [0.2, 0.25) is 5.91 Å². The predicted octanol–water partition coefficient (Wildman–Crippen LogP) is 1.71. The fourth-order valence-electron chi connectivity index (χ4n) is 2.69. The van der Waals surface area contributed by atoms with Gasteiger partial charge in [-0.2, -0.15) is 0 Å². The highest BCUT2D eigenvalue weighted by Gasteiger charge is 2.35. The fourth-order valence-corrected chi connectivity index (χ4v) is 4.07. The summed E-state index contributed by atoms with van der Waals surface area (Å²) >= 11 is 0. The van der Waals surface area contributed by atoms with Crippen LogP contribution in [-0.4, -0.2) is 35.0 Å². The third-order valence-electron chi connectivity index (χ3n) is 3.78. The number of carbonyl (C=O) groups excluding carboxylic acids is 1. The normalized spacial score (nSPS) is 15.6. The molecule has 0 aromatic heterocycles. The Morgan fingerprint density at radius 3 is 2.22 bits per heavy atom. The molecular weight excluding hydrogens is 314 g/mol. The van der Waals surface area contributed by atoms with Gasteiger partial charge >= 0.3 is 0 Å². The van der Waals surface area contributed by atoms with Gasteiger partial charge in [0.15, 0.2) is 0 Å². The van der Waals surface area contributed by atoms with E-state index in [-0.39, 0.29) is 17.3 Å². The summed E-state index contributed by atoms with van der Waals surface area (Å²) in [5.41, 5.74) is 1.38. The summed E-state index contributed by atoms with van der Waals surface area (Å²) in [4.78, 5) is 14.2. The van der Waals surface area contributed by atoms with Crippen LogP contribution in [0.3, 0.4) is 0 Å². The molecule has 0 atom stereocenters. The van der Waals surface area contributed by atoms with Gasteiger partial charge in [0.25, 0.3) is 10.0 Å². The lowest BCUT2D eigenvalue weighted by atomic mass is 10.2. The standard InChI is InChI=1S/C16H17N3O3S/c1-17-11-16(20)19-13-8-4-3-7-12(13)18(2)23(21,22)15-10-6-5-9-14(15)19/h3-10,17H,11H2,1-2H3. The molecule has 1 amide bonds. The van der Waals surface area contributed by atoms with Gasteiger partial charge in [-0.15, -0.1) is 0 Å². The average molecular weight is 331 g/mol. The van der Waals surface area contributed by atoms with E-state index in [4.69, 9.17) is 0 Å². The van der Waals surface area contributed by atoms with E-state index in [9.17, 15) is 13.2 Å². The molecule has 120 valence electrons. The third kappa shape index (κ3) is 2.38. The van der Waals surface area contributed by atoms with Crippen molar-refractivity contribution >= 4 is 33.0 Å². The van der Waals surface area contributed by atoms with Crippen molar-refractivity contribution in [1.29, 1.82) is 0 Å². The molecule has 0 saturated heterocycles. The Hall–Kier alpha value is -2.38. The number of anilines is 3. The van der Waals surface area contributed by atoms with Crippen molar-refractivity contribution in [2.45, 2.75) is 4.90 Å². The minimum atomic E-state index is -3.73. The van der Waals surface area contributed by atoms with Crippen LogP contribution in [0.15, 0.2) is 53.4 Å². The number of sulfonamides is 1. The summed E-state index contributed by atoms with van der Waals surface area (Å²) in [6.45, 7) is 0.104. The molecular formula is C16H17N3O3S. The van der Waals surface area contributed by atoms with Crippen molar-refractivity contribution in [3.63, 3.8) is 0 Å². The first-order valence-electron chi connectivity index (χ1n) is 7.13. The zero-order valence-electron chi connectivity index (χ0n) is 12.9. The number of hydrogen-bond donors (Lipinski definition) is 1. The number of rotatable bonds is 2. The first-order valence-corrected chi connectivity index (χ1v) is 8.57. The third-order valence-corrected chi connectivity index (χ3v) is 5.60. The molecule has 0 unspecified atom stereocenters. The van der Waals surface area contributed by atoms with E-state index in [0.29, 0.717) is 17.1 Å². The van der Waals surface area contributed by atoms with Crippen molar-refractivity contribution < 1.29 is 13.2 Å². The Labute approximate surface area is 135 Å². The van der Waals surface area contributed by atoms with Crippen molar-refractivity contribution in [3.8, 4) is 0 Å². The number of nitrogens with one attached hydrogen (secondary N) is 1. The maximum atomic E-state index is 12.9. The van der Waals surface area contributed by atoms with Crippen molar-refractivity contribution in [2.24, 2.45) is 0 Å². The molecule has 7 heteroatoms. The maximum Gasteiger partial charge on any atom is 0.266 e. The number of hydrogen-bond acceptors (Lipinski definition) is 4. The van der Waals surface area contributed by atoms with E-state index in [0.717, 1.165) is 0 Å². The van der Waals surface area contributed by atoms with Crippen LogP contribution in [0.5, 0.6) is 0 Å². The SMILES string of the molecule is CNCC(=O)N1c2ccccc2N(C)S(=O)(=O)c2ccccc21. The van der Waals surface area contributed by atoms with Crippen LogP contribution in [0.25, 0.3) is 0 Å². The van der Waals surface area contributed by atoms with Gasteiger partial charge in [0.05, 0.1) is 23.6 Å². The van der Waals surface area contributed by atoms with E-state index in [2.05, 4.69) is 5.32 Å². The van der Waals surface area contributed by atoms with Gasteiger partial charge in [-0.25, -0.2) is 8.42 Å². The van der Waals surface area contributed by atoms with Gasteiger partial charge in [0.1, 0.15) is 4.90 Å². The molecule has 3 rings (SSSR count). The molecule has 0 saturated carbocycles. The van der Waals surface area contributed by atoms with Crippen molar-refractivity contribution in [1.82, 2.24) is 5.32 Å². The highest BCUT2D eigenvalue weighted by molar-refractivity contribution is 7.93. The largest absolute Gasteiger partial charge is 0.311 e. The predicted molar refractivity (Wildman–Crippen MR) is 89.5 cm³/mol. The molecule has 2 aromatic carbocycles. The molecule has 6 nitrogen and oxygen atoms in total. The molecule has 0 fully saturated rings. The summed E-state index contributed by atoms with van der Waals surface area (Å²) in [7, 11) is -0.559. The number of likely N-dealkylation sites (N-methyl/N-ethyl adjacent to an activating group) is 1. The first-order chi connectivity index (χ1) is 11.0. The van der Waals surface area contributed by atoms with E-state index < -0.39 is 10.0 Å². The topological polar surface area (TPSA) is 69.7 Å². The van der Waals surface area contributed by atoms with Gasteiger partial charge in [-0.3, -0.25) is 14.0 Å². The summed E-state index contributed by atoms with van der Waals surface area (Å²) in [5.74, 6) is -0.224. The minimum absolute atomic E-state index is 0.104. The Kier molecular flexibility index (Phi) is 3.83. The van der Waals surface area contributed by atoms with Crippen LogP contribution in [0.2, 0.25) is 0 Å². The molecule has 0 aliphatic carbocycles. The summed E-state index contributed by atoms with van der Waals surface area (Å²) < 4.78 is 27.0. The number of benzene rings is 2. The number of fused-ring (bicyclic) bond motifs is 2. The van der Waals surface area contributed by atoms with Crippen molar-refractivity contribution in [2.75, 3.05) is 29.8 Å². The summed E-state index contributed by atoms with van der Waals surface area (Å²) in [5, 5.41) is 2.82. The molecule has 2 aromatic rings. The average Bonchev–Trinajstić information content (AvgIpc) is 2.62.